The van der Waals surface area contributed by atoms with E-state index >= 15 is 0 Å². The number of halogens is 1. The molecule has 9 heteroatoms. The van der Waals surface area contributed by atoms with Gasteiger partial charge < -0.3 is 14.8 Å². The highest BCUT2D eigenvalue weighted by molar-refractivity contribution is 7.89. The van der Waals surface area contributed by atoms with Crippen LogP contribution in [0, 0.1) is 5.82 Å². The molecule has 0 unspecified atom stereocenters. The lowest BCUT2D eigenvalue weighted by Crippen LogP contribution is -2.27. The molecule has 2 aliphatic rings. The SMILES string of the molecule is CNS(=O)(=O)c1cccc(-c2cc(NC(=O)C3(c4ccc5c(c4)OCO5)CC3)ccc2F)c1. The predicted molar refractivity (Wildman–Crippen MR) is 120 cm³/mol. The number of anilines is 1. The van der Waals surface area contributed by atoms with Crippen molar-refractivity contribution in [1.82, 2.24) is 4.72 Å². The molecule has 33 heavy (non-hydrogen) atoms. The summed E-state index contributed by atoms with van der Waals surface area (Å²) < 4.78 is 51.9. The van der Waals surface area contributed by atoms with Gasteiger partial charge in [-0.25, -0.2) is 17.5 Å². The highest BCUT2D eigenvalue weighted by Gasteiger charge is 2.51. The zero-order chi connectivity index (χ0) is 23.2. The fourth-order valence-electron chi connectivity index (χ4n) is 3.99. The Bertz CT molecular complexity index is 1370. The molecule has 1 saturated carbocycles. The molecular formula is C24H21FN2O5S. The average Bonchev–Trinajstić information content (AvgIpc) is 3.51. The summed E-state index contributed by atoms with van der Waals surface area (Å²) in [6.07, 6.45) is 1.38. The van der Waals surface area contributed by atoms with E-state index in [1.165, 1.54) is 37.4 Å². The molecule has 0 atom stereocenters. The summed E-state index contributed by atoms with van der Waals surface area (Å²) in [7, 11) is -2.37. The number of fused-ring (bicyclic) bond motifs is 1. The Balaban J connectivity index is 1.42. The maximum absolute atomic E-state index is 14.6. The van der Waals surface area contributed by atoms with Crippen LogP contribution in [0.1, 0.15) is 18.4 Å². The van der Waals surface area contributed by atoms with Crippen LogP contribution in [0.2, 0.25) is 0 Å². The molecule has 0 saturated heterocycles. The Morgan fingerprint density at radius 2 is 1.79 bits per heavy atom. The molecule has 170 valence electrons. The van der Waals surface area contributed by atoms with Crippen molar-refractivity contribution >= 4 is 21.6 Å². The Hall–Kier alpha value is -3.43. The van der Waals surface area contributed by atoms with Crippen molar-refractivity contribution in [2.24, 2.45) is 0 Å². The van der Waals surface area contributed by atoms with Crippen LogP contribution in [-0.4, -0.2) is 28.2 Å². The van der Waals surface area contributed by atoms with Gasteiger partial charge in [0.2, 0.25) is 22.7 Å². The van der Waals surface area contributed by atoms with Crippen LogP contribution in [-0.2, 0) is 20.2 Å². The van der Waals surface area contributed by atoms with Gasteiger partial charge in [-0.2, -0.15) is 0 Å². The number of ether oxygens (including phenoxy) is 2. The van der Waals surface area contributed by atoms with Gasteiger partial charge in [-0.3, -0.25) is 4.79 Å². The summed E-state index contributed by atoms with van der Waals surface area (Å²) in [5.41, 5.74) is 1.17. The first-order valence-corrected chi connectivity index (χ1v) is 11.9. The van der Waals surface area contributed by atoms with Gasteiger partial charge in [0.1, 0.15) is 5.82 Å². The Labute approximate surface area is 190 Å². The van der Waals surface area contributed by atoms with Crippen molar-refractivity contribution in [3.05, 3.63) is 72.0 Å². The van der Waals surface area contributed by atoms with Crippen molar-refractivity contribution in [1.29, 1.82) is 0 Å². The first-order valence-electron chi connectivity index (χ1n) is 10.4. The number of hydrogen-bond donors (Lipinski definition) is 2. The van der Waals surface area contributed by atoms with Gasteiger partial charge in [0.15, 0.2) is 11.5 Å². The van der Waals surface area contributed by atoms with Crippen molar-refractivity contribution in [3.8, 4) is 22.6 Å². The molecule has 1 fully saturated rings. The number of carbonyl (C=O) groups excluding carboxylic acids is 1. The van der Waals surface area contributed by atoms with E-state index in [0.29, 0.717) is 35.6 Å². The van der Waals surface area contributed by atoms with Gasteiger partial charge >= 0.3 is 0 Å². The molecule has 1 aliphatic carbocycles. The number of benzene rings is 3. The molecule has 3 aromatic rings. The molecule has 7 nitrogen and oxygen atoms in total. The van der Waals surface area contributed by atoms with E-state index in [4.69, 9.17) is 9.47 Å². The highest BCUT2D eigenvalue weighted by Crippen LogP contribution is 2.51. The lowest BCUT2D eigenvalue weighted by molar-refractivity contribution is -0.118. The minimum Gasteiger partial charge on any atom is -0.454 e. The van der Waals surface area contributed by atoms with Gasteiger partial charge in [0, 0.05) is 11.3 Å². The molecule has 0 radical (unpaired) electrons. The number of carbonyl (C=O) groups is 1. The molecular weight excluding hydrogens is 447 g/mol. The zero-order valence-corrected chi connectivity index (χ0v) is 18.5. The highest BCUT2D eigenvalue weighted by atomic mass is 32.2. The standard InChI is InChI=1S/C24H21FN2O5S/c1-26-33(29,30)18-4-2-3-15(11-18)19-13-17(6-7-20(19)25)27-23(28)24(9-10-24)16-5-8-21-22(12-16)32-14-31-21/h2-8,11-13,26H,9-10,14H2,1H3,(H,27,28). The Morgan fingerprint density at radius 3 is 2.55 bits per heavy atom. The first kappa shape index (κ1) is 21.4. The molecule has 0 spiro atoms. The van der Waals surface area contributed by atoms with Crippen LogP contribution in [0.15, 0.2) is 65.6 Å². The molecule has 1 heterocycles. The summed E-state index contributed by atoms with van der Waals surface area (Å²) in [6, 6.07) is 15.7. The maximum atomic E-state index is 14.6. The third-order valence-electron chi connectivity index (χ3n) is 6.06. The second-order valence-corrected chi connectivity index (χ2v) is 9.92. The van der Waals surface area contributed by atoms with E-state index in [-0.39, 0.29) is 23.2 Å². The van der Waals surface area contributed by atoms with Gasteiger partial charge in [-0.05, 0) is 73.5 Å². The second kappa shape index (κ2) is 7.86. The summed E-state index contributed by atoms with van der Waals surface area (Å²) in [5, 5.41) is 2.90. The quantitative estimate of drug-likeness (QED) is 0.574. The van der Waals surface area contributed by atoms with Gasteiger partial charge in [-0.1, -0.05) is 18.2 Å². The van der Waals surface area contributed by atoms with Gasteiger partial charge in [-0.15, -0.1) is 0 Å². The number of rotatable bonds is 6. The van der Waals surface area contributed by atoms with Crippen LogP contribution < -0.4 is 19.5 Å². The third-order valence-corrected chi connectivity index (χ3v) is 7.47. The predicted octanol–water partition coefficient (Wildman–Crippen LogP) is 3.80. The second-order valence-electron chi connectivity index (χ2n) is 8.03. The van der Waals surface area contributed by atoms with Gasteiger partial charge in [0.25, 0.3) is 0 Å². The summed E-state index contributed by atoms with van der Waals surface area (Å²) in [4.78, 5) is 13.2. The third kappa shape index (κ3) is 3.83. The van der Waals surface area contributed by atoms with Crippen LogP contribution >= 0.6 is 0 Å². The fraction of sp³-hybridized carbons (Fsp3) is 0.208. The van der Waals surface area contributed by atoms with Crippen molar-refractivity contribution in [2.45, 2.75) is 23.2 Å². The smallest absolute Gasteiger partial charge is 0.240 e. The summed E-state index contributed by atoms with van der Waals surface area (Å²) >= 11 is 0. The molecule has 1 amide bonds. The lowest BCUT2D eigenvalue weighted by atomic mass is 9.94. The fourth-order valence-corrected chi connectivity index (χ4v) is 4.77. The number of amides is 1. The monoisotopic (exact) mass is 468 g/mol. The minimum atomic E-state index is -3.68. The van der Waals surface area contributed by atoms with E-state index in [1.807, 2.05) is 12.1 Å². The number of hydrogen-bond acceptors (Lipinski definition) is 5. The van der Waals surface area contributed by atoms with Crippen LogP contribution in [0.4, 0.5) is 10.1 Å². The molecule has 0 aromatic heterocycles. The maximum Gasteiger partial charge on any atom is 0.240 e. The van der Waals surface area contributed by atoms with Crippen molar-refractivity contribution < 1.29 is 27.1 Å². The van der Waals surface area contributed by atoms with Crippen molar-refractivity contribution in [3.63, 3.8) is 0 Å². The minimum absolute atomic E-state index is 0.0241. The first-order chi connectivity index (χ1) is 15.8. The van der Waals surface area contributed by atoms with Crippen LogP contribution in [0.25, 0.3) is 11.1 Å². The summed E-state index contributed by atoms with van der Waals surface area (Å²) in [6.45, 7) is 0.160. The molecule has 1 aliphatic heterocycles. The van der Waals surface area contributed by atoms with Crippen LogP contribution in [0.3, 0.4) is 0 Å². The van der Waals surface area contributed by atoms with E-state index in [9.17, 15) is 17.6 Å². The van der Waals surface area contributed by atoms with E-state index < -0.39 is 21.3 Å². The van der Waals surface area contributed by atoms with Gasteiger partial charge in [0.05, 0.1) is 10.3 Å². The lowest BCUT2D eigenvalue weighted by Gasteiger charge is -2.17. The topological polar surface area (TPSA) is 93.7 Å². The zero-order valence-electron chi connectivity index (χ0n) is 17.7. The Morgan fingerprint density at radius 1 is 1.00 bits per heavy atom. The number of nitrogens with one attached hydrogen (secondary N) is 2. The molecule has 5 rings (SSSR count). The molecule has 0 bridgehead atoms. The molecule has 2 N–H and O–H groups in total. The largest absolute Gasteiger partial charge is 0.454 e. The van der Waals surface area contributed by atoms with Crippen LogP contribution in [0.5, 0.6) is 11.5 Å². The van der Waals surface area contributed by atoms with E-state index in [2.05, 4.69) is 10.0 Å². The summed E-state index contributed by atoms with van der Waals surface area (Å²) in [5.74, 6) is 0.557. The average molecular weight is 469 g/mol. The molecule has 3 aromatic carbocycles. The van der Waals surface area contributed by atoms with E-state index in [0.717, 1.165) is 5.56 Å². The van der Waals surface area contributed by atoms with E-state index in [1.54, 1.807) is 18.2 Å². The van der Waals surface area contributed by atoms with Crippen molar-refractivity contribution in [2.75, 3.05) is 19.2 Å². The normalized spacial score (nSPS) is 15.8. The Kier molecular flexibility index (Phi) is 5.10. The number of sulfonamides is 1.